The molecular weight excluding hydrogens is 934 g/mol. The quantitative estimate of drug-likeness (QED) is 0.156. The Morgan fingerprint density at radius 3 is 1.77 bits per heavy atom. The van der Waals surface area contributed by atoms with Crippen molar-refractivity contribution in [2.75, 3.05) is 0 Å². The number of benzene rings is 5. The average molecular weight is 984 g/mol. The number of halogens is 1. The molecule has 60 heavy (non-hydrogen) atoms. The van der Waals surface area contributed by atoms with Crippen LogP contribution in [0.1, 0.15) is 26.3 Å². The molecule has 4 nitrogen and oxygen atoms in total. The molecule has 0 bridgehead atoms. The molecule has 0 aliphatic carbocycles. The third-order valence-corrected chi connectivity index (χ3v) is 12.0. The molecule has 4 aromatic heterocycles. The van der Waals surface area contributed by atoms with Gasteiger partial charge in [0.2, 0.25) is 0 Å². The molecule has 0 aliphatic heterocycles. The number of furan rings is 1. The Balaban J connectivity index is 0.000000173. The molecule has 0 fully saturated rings. The van der Waals surface area contributed by atoms with Crippen LogP contribution in [0.4, 0.5) is 4.39 Å². The number of nitrogens with zero attached hydrogens (tertiary/aromatic N) is 3. The van der Waals surface area contributed by atoms with Gasteiger partial charge in [-0.05, 0) is 94.4 Å². The molecular formula is C53H50FIrN3OSi. The van der Waals surface area contributed by atoms with Crippen molar-refractivity contribution in [3.05, 3.63) is 194 Å². The van der Waals surface area contributed by atoms with E-state index >= 15 is 0 Å². The standard InChI is InChI=1S/C28H24FNO.C14H17NSi.C11H9N.Ir/c1-28(2,3)17-18-13-14-30-25(15-18)24-6-4-5-23-22-12-9-20(16-26(22)31-27(23)24)19-7-10-21(29)11-8-19;1-16(2,3)13-9-10-14(15-11-13)12-7-5-4-6-8-12;1-2-6-10(7-3-1)11-8-4-5-9-12-11;/h4-16H,17H2,1-3H3;4-11H,1-3H3;1-9H;. The normalized spacial score (nSPS) is 11.2. The molecule has 9 aromatic rings. The number of fused-ring (bicyclic) bond motifs is 3. The largest absolute Gasteiger partial charge is 0.455 e. The van der Waals surface area contributed by atoms with Crippen LogP contribution in [0.5, 0.6) is 0 Å². The number of pyridine rings is 3. The third-order valence-electron chi connectivity index (χ3n) is 9.94. The van der Waals surface area contributed by atoms with Crippen LogP contribution >= 0.6 is 0 Å². The van der Waals surface area contributed by atoms with E-state index in [0.717, 1.165) is 67.7 Å². The van der Waals surface area contributed by atoms with E-state index in [9.17, 15) is 4.39 Å². The van der Waals surface area contributed by atoms with E-state index in [1.807, 2.05) is 79.3 Å². The zero-order valence-electron chi connectivity index (χ0n) is 35.0. The second kappa shape index (κ2) is 19.5. The summed E-state index contributed by atoms with van der Waals surface area (Å²) in [6.07, 6.45) is 6.71. The maximum atomic E-state index is 13.3. The Kier molecular flexibility index (Phi) is 14.2. The number of hydrogen-bond donors (Lipinski definition) is 0. The number of aromatic nitrogens is 3. The summed E-state index contributed by atoms with van der Waals surface area (Å²) in [6, 6.07) is 53.9. The van der Waals surface area contributed by atoms with Crippen LogP contribution in [-0.4, -0.2) is 23.0 Å². The predicted molar refractivity (Wildman–Crippen MR) is 248 cm³/mol. The van der Waals surface area contributed by atoms with Crippen molar-refractivity contribution in [3.8, 4) is 44.9 Å². The molecule has 7 heteroatoms. The summed E-state index contributed by atoms with van der Waals surface area (Å²) in [5, 5.41) is 3.54. The maximum Gasteiger partial charge on any atom is 0.144 e. The number of hydrogen-bond acceptors (Lipinski definition) is 4. The van der Waals surface area contributed by atoms with Crippen molar-refractivity contribution < 1.29 is 28.9 Å². The van der Waals surface area contributed by atoms with Crippen molar-refractivity contribution in [2.45, 2.75) is 46.8 Å². The topological polar surface area (TPSA) is 51.8 Å². The van der Waals surface area contributed by atoms with E-state index in [1.54, 1.807) is 12.1 Å². The second-order valence-electron chi connectivity index (χ2n) is 16.9. The van der Waals surface area contributed by atoms with Gasteiger partial charge in [-0.25, -0.2) is 4.39 Å². The third kappa shape index (κ3) is 11.2. The van der Waals surface area contributed by atoms with Gasteiger partial charge < -0.3 is 4.42 Å². The number of para-hydroxylation sites is 1. The molecule has 0 atom stereocenters. The van der Waals surface area contributed by atoms with E-state index in [-0.39, 0.29) is 31.3 Å². The molecule has 0 aliphatic rings. The summed E-state index contributed by atoms with van der Waals surface area (Å²) in [4.78, 5) is 13.4. The van der Waals surface area contributed by atoms with Crippen LogP contribution in [0, 0.1) is 11.2 Å². The second-order valence-corrected chi connectivity index (χ2v) is 22.0. The Labute approximate surface area is 368 Å². The summed E-state index contributed by atoms with van der Waals surface area (Å²) in [5.74, 6) is -0.237. The van der Waals surface area contributed by atoms with Gasteiger partial charge in [0.1, 0.15) is 17.0 Å². The minimum Gasteiger partial charge on any atom is -0.455 e. The van der Waals surface area contributed by atoms with Crippen molar-refractivity contribution in [1.29, 1.82) is 0 Å². The average Bonchev–Trinajstić information content (AvgIpc) is 3.63. The molecule has 303 valence electrons. The van der Waals surface area contributed by atoms with Crippen LogP contribution in [0.3, 0.4) is 0 Å². The molecule has 0 spiro atoms. The molecule has 9 rings (SSSR count). The van der Waals surface area contributed by atoms with Gasteiger partial charge in [0.15, 0.2) is 0 Å². The summed E-state index contributed by atoms with van der Waals surface area (Å²) >= 11 is 0. The predicted octanol–water partition coefficient (Wildman–Crippen LogP) is 14.1. The summed E-state index contributed by atoms with van der Waals surface area (Å²) in [6.45, 7) is 13.7. The van der Waals surface area contributed by atoms with Gasteiger partial charge in [0.25, 0.3) is 0 Å². The van der Waals surface area contributed by atoms with Gasteiger partial charge >= 0.3 is 0 Å². The fraction of sp³-hybridized carbons (Fsp3) is 0.151. The Bertz CT molecular complexity index is 2710. The van der Waals surface area contributed by atoms with Crippen LogP contribution < -0.4 is 5.19 Å². The first kappa shape index (κ1) is 43.7. The van der Waals surface area contributed by atoms with E-state index in [4.69, 9.17) is 4.42 Å². The Hall–Kier alpha value is -5.85. The van der Waals surface area contributed by atoms with E-state index in [1.165, 1.54) is 28.4 Å². The zero-order chi connectivity index (χ0) is 41.4. The fourth-order valence-electron chi connectivity index (χ4n) is 6.93. The molecule has 0 unspecified atom stereocenters. The van der Waals surface area contributed by atoms with Crippen LogP contribution in [0.2, 0.25) is 19.6 Å². The molecule has 5 aromatic carbocycles. The molecule has 4 heterocycles. The van der Waals surface area contributed by atoms with Crippen LogP contribution in [0.15, 0.2) is 187 Å². The van der Waals surface area contributed by atoms with Gasteiger partial charge in [-0.15, -0.1) is 0 Å². The van der Waals surface area contributed by atoms with Crippen molar-refractivity contribution in [1.82, 2.24) is 15.0 Å². The molecule has 0 saturated carbocycles. The first-order chi connectivity index (χ1) is 28.4. The number of rotatable bonds is 6. The van der Waals surface area contributed by atoms with Gasteiger partial charge in [0.05, 0.1) is 25.2 Å². The van der Waals surface area contributed by atoms with E-state index in [0.29, 0.717) is 0 Å². The maximum absolute atomic E-state index is 13.3. The van der Waals surface area contributed by atoms with Gasteiger partial charge in [0, 0.05) is 66.2 Å². The zero-order valence-corrected chi connectivity index (χ0v) is 38.4. The monoisotopic (exact) mass is 984 g/mol. The van der Waals surface area contributed by atoms with Crippen molar-refractivity contribution >= 4 is 35.2 Å². The Morgan fingerprint density at radius 2 is 1.17 bits per heavy atom. The Morgan fingerprint density at radius 1 is 0.533 bits per heavy atom. The summed E-state index contributed by atoms with van der Waals surface area (Å²) in [7, 11) is -1.22. The van der Waals surface area contributed by atoms with Gasteiger partial charge in [-0.2, -0.15) is 0 Å². The molecule has 1 radical (unpaired) electrons. The van der Waals surface area contributed by atoms with Crippen LogP contribution in [-0.2, 0) is 26.5 Å². The summed E-state index contributed by atoms with van der Waals surface area (Å²) < 4.78 is 19.6. The minimum absolute atomic E-state index is 0. The first-order valence-corrected chi connectivity index (χ1v) is 23.6. The smallest absolute Gasteiger partial charge is 0.144 e. The molecule has 0 amide bonds. The van der Waals surface area contributed by atoms with E-state index < -0.39 is 8.07 Å². The molecule has 0 N–H and O–H groups in total. The van der Waals surface area contributed by atoms with Crippen LogP contribution in [0.25, 0.3) is 66.8 Å². The van der Waals surface area contributed by atoms with Crippen molar-refractivity contribution in [2.24, 2.45) is 5.41 Å². The van der Waals surface area contributed by atoms with Crippen molar-refractivity contribution in [3.63, 3.8) is 0 Å². The van der Waals surface area contributed by atoms with E-state index in [2.05, 4.69) is 134 Å². The fourth-order valence-corrected chi connectivity index (χ4v) is 7.96. The minimum atomic E-state index is -1.22. The molecule has 0 saturated heterocycles. The summed E-state index contributed by atoms with van der Waals surface area (Å²) in [5.41, 5.74) is 11.4. The van der Waals surface area contributed by atoms with Gasteiger partial charge in [-0.3, -0.25) is 15.0 Å². The van der Waals surface area contributed by atoms with Gasteiger partial charge in [-0.1, -0.05) is 144 Å². The SMILES string of the molecule is CC(C)(C)Cc1ccnc(-c2cccc3c2oc2cc(-c4ccc(F)cc4)ccc23)c1.C[Si](C)(C)c1ccc(-c2ccccc2)nc1.[Ir].c1ccc(-c2ccccn2)cc1. The first-order valence-electron chi connectivity index (χ1n) is 20.1.